The first-order valence-electron chi connectivity index (χ1n) is 4.21. The SMILES string of the molecule is CCC(=NC)NCC[NH+](C)C=O. The van der Waals surface area contributed by atoms with Gasteiger partial charge in [0.05, 0.1) is 19.4 Å². The number of likely N-dealkylation sites (N-methyl/N-ethyl adjacent to an activating group) is 1. The highest BCUT2D eigenvalue weighted by Gasteiger charge is 1.98. The van der Waals surface area contributed by atoms with E-state index in [0.29, 0.717) is 0 Å². The summed E-state index contributed by atoms with van der Waals surface area (Å²) in [4.78, 5) is 15.1. The molecule has 4 nitrogen and oxygen atoms in total. The van der Waals surface area contributed by atoms with Crippen LogP contribution in [0.15, 0.2) is 4.99 Å². The minimum absolute atomic E-state index is 0.794. The first-order valence-corrected chi connectivity index (χ1v) is 4.21. The molecule has 0 heterocycles. The summed E-state index contributed by atoms with van der Waals surface area (Å²) >= 11 is 0. The maximum absolute atomic E-state index is 10.2. The molecular formula is C8H18N3O+. The maximum Gasteiger partial charge on any atom is 0.299 e. The van der Waals surface area contributed by atoms with E-state index in [9.17, 15) is 4.79 Å². The first kappa shape index (κ1) is 11.1. The van der Waals surface area contributed by atoms with Gasteiger partial charge in [-0.1, -0.05) is 6.92 Å². The second-order valence-corrected chi connectivity index (χ2v) is 2.66. The van der Waals surface area contributed by atoms with Gasteiger partial charge in [0.2, 0.25) is 0 Å². The fraction of sp³-hybridized carbons (Fsp3) is 0.750. The van der Waals surface area contributed by atoms with Crippen LogP contribution < -0.4 is 10.2 Å². The van der Waals surface area contributed by atoms with Crippen molar-refractivity contribution in [3.63, 3.8) is 0 Å². The Morgan fingerprint density at radius 1 is 1.67 bits per heavy atom. The summed E-state index contributed by atoms with van der Waals surface area (Å²) in [6.45, 7) is 3.64. The van der Waals surface area contributed by atoms with Crippen molar-refractivity contribution >= 4 is 12.2 Å². The van der Waals surface area contributed by atoms with Crippen molar-refractivity contribution in [2.45, 2.75) is 13.3 Å². The number of hydrogen-bond donors (Lipinski definition) is 2. The number of quaternary nitrogens is 1. The zero-order valence-corrected chi connectivity index (χ0v) is 8.05. The number of amides is 1. The van der Waals surface area contributed by atoms with Gasteiger partial charge in [-0.15, -0.1) is 0 Å². The van der Waals surface area contributed by atoms with E-state index in [1.165, 1.54) is 0 Å². The van der Waals surface area contributed by atoms with Crippen molar-refractivity contribution in [2.24, 2.45) is 4.99 Å². The van der Waals surface area contributed by atoms with Gasteiger partial charge in [0, 0.05) is 13.5 Å². The number of hydrogen-bond acceptors (Lipinski definition) is 2. The fourth-order valence-electron chi connectivity index (χ4n) is 0.825. The molecule has 0 aliphatic rings. The average Bonchev–Trinajstić information content (AvgIpc) is 2.12. The predicted octanol–water partition coefficient (Wildman–Crippen LogP) is -1.31. The van der Waals surface area contributed by atoms with Crippen LogP contribution in [-0.4, -0.2) is 39.4 Å². The molecule has 0 aromatic rings. The van der Waals surface area contributed by atoms with E-state index in [2.05, 4.69) is 10.3 Å². The van der Waals surface area contributed by atoms with Crippen LogP contribution in [0.4, 0.5) is 0 Å². The van der Waals surface area contributed by atoms with Crippen LogP contribution in [0.5, 0.6) is 0 Å². The molecule has 1 unspecified atom stereocenters. The van der Waals surface area contributed by atoms with E-state index in [-0.39, 0.29) is 0 Å². The van der Waals surface area contributed by atoms with Crippen LogP contribution in [0.2, 0.25) is 0 Å². The number of amidine groups is 1. The first-order chi connectivity index (χ1) is 5.74. The molecule has 0 aliphatic heterocycles. The monoisotopic (exact) mass is 172 g/mol. The minimum Gasteiger partial charge on any atom is -0.368 e. The molecule has 4 heteroatoms. The molecule has 0 rings (SSSR count). The van der Waals surface area contributed by atoms with E-state index >= 15 is 0 Å². The second-order valence-electron chi connectivity index (χ2n) is 2.66. The highest BCUT2D eigenvalue weighted by molar-refractivity contribution is 5.81. The Hall–Kier alpha value is -0.900. The molecule has 0 saturated carbocycles. The smallest absolute Gasteiger partial charge is 0.299 e. The highest BCUT2D eigenvalue weighted by Crippen LogP contribution is 1.77. The Bertz CT molecular complexity index is 156. The number of carbonyl (C=O) groups is 1. The molecule has 0 radical (unpaired) electrons. The number of carbonyl (C=O) groups excluding carboxylic acids is 1. The second kappa shape index (κ2) is 6.79. The molecule has 12 heavy (non-hydrogen) atoms. The van der Waals surface area contributed by atoms with Crippen LogP contribution in [0.1, 0.15) is 13.3 Å². The Morgan fingerprint density at radius 3 is 2.75 bits per heavy atom. The molecular weight excluding hydrogens is 154 g/mol. The molecule has 0 spiro atoms. The van der Waals surface area contributed by atoms with Crippen LogP contribution in [0.25, 0.3) is 0 Å². The Labute approximate surface area is 73.7 Å². The Kier molecular flexibility index (Phi) is 6.28. The summed E-state index contributed by atoms with van der Waals surface area (Å²) in [5, 5.41) is 3.15. The van der Waals surface area contributed by atoms with Gasteiger partial charge < -0.3 is 5.32 Å². The lowest BCUT2D eigenvalue weighted by atomic mass is 10.4. The fourth-order valence-corrected chi connectivity index (χ4v) is 0.825. The van der Waals surface area contributed by atoms with Gasteiger partial charge in [-0.05, 0) is 0 Å². The van der Waals surface area contributed by atoms with Crippen LogP contribution in [0.3, 0.4) is 0 Å². The maximum atomic E-state index is 10.2. The van der Waals surface area contributed by atoms with Crippen molar-refractivity contribution < 1.29 is 9.69 Å². The predicted molar refractivity (Wildman–Crippen MR) is 49.5 cm³/mol. The summed E-state index contributed by atoms with van der Waals surface area (Å²) in [6.07, 6.45) is 1.81. The third kappa shape index (κ3) is 4.85. The summed E-state index contributed by atoms with van der Waals surface area (Å²) in [5.74, 6) is 0.994. The van der Waals surface area contributed by atoms with Crippen molar-refractivity contribution in [1.82, 2.24) is 5.32 Å². The third-order valence-electron chi connectivity index (χ3n) is 1.65. The van der Waals surface area contributed by atoms with Crippen molar-refractivity contribution in [2.75, 3.05) is 27.2 Å². The number of nitrogens with zero attached hydrogens (tertiary/aromatic N) is 1. The topological polar surface area (TPSA) is 45.9 Å². The van der Waals surface area contributed by atoms with E-state index in [4.69, 9.17) is 0 Å². The van der Waals surface area contributed by atoms with Gasteiger partial charge in [0.1, 0.15) is 6.54 Å². The summed E-state index contributed by atoms with van der Waals surface area (Å²) in [6, 6.07) is 0. The summed E-state index contributed by atoms with van der Waals surface area (Å²) < 4.78 is 0. The molecule has 2 N–H and O–H groups in total. The van der Waals surface area contributed by atoms with Gasteiger partial charge in [-0.25, -0.2) is 4.79 Å². The van der Waals surface area contributed by atoms with E-state index in [0.717, 1.165) is 36.7 Å². The lowest BCUT2D eigenvalue weighted by Gasteiger charge is -2.08. The van der Waals surface area contributed by atoms with Crippen molar-refractivity contribution in [1.29, 1.82) is 0 Å². The minimum atomic E-state index is 0.794. The van der Waals surface area contributed by atoms with Gasteiger partial charge >= 0.3 is 0 Å². The van der Waals surface area contributed by atoms with Gasteiger partial charge in [0.25, 0.3) is 6.41 Å². The largest absolute Gasteiger partial charge is 0.368 e. The van der Waals surface area contributed by atoms with E-state index < -0.39 is 0 Å². The normalized spacial score (nSPS) is 14.1. The van der Waals surface area contributed by atoms with E-state index in [1.54, 1.807) is 7.05 Å². The summed E-state index contributed by atoms with van der Waals surface area (Å²) in [5.41, 5.74) is 0. The lowest BCUT2D eigenvalue weighted by Crippen LogP contribution is -3.08. The molecule has 0 aromatic carbocycles. The van der Waals surface area contributed by atoms with Crippen molar-refractivity contribution in [3.05, 3.63) is 0 Å². The standard InChI is InChI=1S/C8H17N3O/c1-4-8(9-2)10-5-6-11(3)7-12/h7H,4-6H2,1-3H3,(H,9,10)/p+1. The molecule has 0 bridgehead atoms. The molecule has 0 aromatic heterocycles. The lowest BCUT2D eigenvalue weighted by molar-refractivity contribution is -0.786. The number of nitrogens with one attached hydrogen (secondary N) is 2. The van der Waals surface area contributed by atoms with Crippen molar-refractivity contribution in [3.8, 4) is 0 Å². The van der Waals surface area contributed by atoms with Crippen LogP contribution in [-0.2, 0) is 4.79 Å². The molecule has 1 atom stereocenters. The Balaban J connectivity index is 3.48. The quantitative estimate of drug-likeness (QED) is 0.307. The molecule has 0 saturated heterocycles. The molecule has 0 aliphatic carbocycles. The number of rotatable bonds is 5. The molecule has 0 fully saturated rings. The molecule has 1 amide bonds. The highest BCUT2D eigenvalue weighted by atomic mass is 16.1. The third-order valence-corrected chi connectivity index (χ3v) is 1.65. The number of aliphatic imine (C=N–C) groups is 1. The Morgan fingerprint density at radius 2 is 2.33 bits per heavy atom. The zero-order valence-electron chi connectivity index (χ0n) is 8.05. The van der Waals surface area contributed by atoms with Gasteiger partial charge in [0.15, 0.2) is 0 Å². The van der Waals surface area contributed by atoms with Gasteiger partial charge in [-0.3, -0.25) is 9.89 Å². The zero-order chi connectivity index (χ0) is 9.40. The van der Waals surface area contributed by atoms with Gasteiger partial charge in [-0.2, -0.15) is 0 Å². The van der Waals surface area contributed by atoms with Crippen LogP contribution >= 0.6 is 0 Å². The average molecular weight is 172 g/mol. The summed E-state index contributed by atoms with van der Waals surface area (Å²) in [7, 11) is 3.60. The molecule has 70 valence electrons. The van der Waals surface area contributed by atoms with Crippen LogP contribution in [0, 0.1) is 0 Å². The van der Waals surface area contributed by atoms with E-state index in [1.807, 2.05) is 14.0 Å².